The summed E-state index contributed by atoms with van der Waals surface area (Å²) in [6, 6.07) is 0. The standard InChI is InChI=1S/C37H74NO8P/c1-3-5-6-7-8-9-10-11-12-13-14-15-16-17-18-19-20-21-22-23-24-25-26-27-28-30-36(39)43-33-35(46-37(40)29-4-2)34-45-47(41,42)44-32-31-38/h35H,3-34,38H2,1-2H3,(H,41,42)/t35-/m1/s1. The van der Waals surface area contributed by atoms with Gasteiger partial charge in [-0.2, -0.15) is 0 Å². The molecule has 280 valence electrons. The van der Waals surface area contributed by atoms with Gasteiger partial charge >= 0.3 is 19.8 Å². The van der Waals surface area contributed by atoms with Gasteiger partial charge in [0.05, 0.1) is 13.2 Å². The van der Waals surface area contributed by atoms with Crippen molar-refractivity contribution in [2.24, 2.45) is 5.73 Å². The highest BCUT2D eigenvalue weighted by Gasteiger charge is 2.25. The van der Waals surface area contributed by atoms with E-state index < -0.39 is 26.5 Å². The molecule has 0 aliphatic carbocycles. The van der Waals surface area contributed by atoms with E-state index in [2.05, 4.69) is 11.4 Å². The van der Waals surface area contributed by atoms with Crippen LogP contribution in [-0.2, 0) is 32.7 Å². The summed E-state index contributed by atoms with van der Waals surface area (Å²) in [5.41, 5.74) is 5.27. The van der Waals surface area contributed by atoms with Crippen LogP contribution in [0.1, 0.15) is 194 Å². The summed E-state index contributed by atoms with van der Waals surface area (Å²) in [5, 5.41) is 0. The minimum absolute atomic E-state index is 0.0556. The zero-order chi connectivity index (χ0) is 34.7. The predicted octanol–water partition coefficient (Wildman–Crippen LogP) is 10.5. The SMILES string of the molecule is CCCCCCCCCCCCCCCCCCCCCCCCCCCC(=O)OC[C@H](COP(=O)(O)OCCN)OC(=O)CCC. The number of hydrogen-bond acceptors (Lipinski definition) is 8. The number of carbonyl (C=O) groups excluding carboxylic acids is 2. The second-order valence-corrected chi connectivity index (χ2v) is 14.6. The summed E-state index contributed by atoms with van der Waals surface area (Å²) < 4.78 is 31.9. The maximum atomic E-state index is 12.2. The lowest BCUT2D eigenvalue weighted by atomic mass is 10.0. The maximum Gasteiger partial charge on any atom is 0.472 e. The van der Waals surface area contributed by atoms with Gasteiger partial charge in [0.2, 0.25) is 0 Å². The fourth-order valence-electron chi connectivity index (χ4n) is 5.61. The van der Waals surface area contributed by atoms with Crippen LogP contribution in [-0.4, -0.2) is 49.3 Å². The molecule has 2 atom stereocenters. The predicted molar refractivity (Wildman–Crippen MR) is 192 cm³/mol. The lowest BCUT2D eigenvalue weighted by Crippen LogP contribution is -2.29. The first kappa shape index (κ1) is 46.0. The van der Waals surface area contributed by atoms with Crippen LogP contribution in [0.15, 0.2) is 0 Å². The zero-order valence-electron chi connectivity index (χ0n) is 30.5. The zero-order valence-corrected chi connectivity index (χ0v) is 31.4. The van der Waals surface area contributed by atoms with Crippen molar-refractivity contribution >= 4 is 19.8 Å². The topological polar surface area (TPSA) is 134 Å². The molecule has 0 heterocycles. The molecule has 1 unspecified atom stereocenters. The number of carbonyl (C=O) groups is 2. The highest BCUT2D eigenvalue weighted by Crippen LogP contribution is 2.43. The van der Waals surface area contributed by atoms with Gasteiger partial charge in [-0.1, -0.05) is 168 Å². The van der Waals surface area contributed by atoms with Gasteiger partial charge < -0.3 is 20.1 Å². The Hall–Kier alpha value is -0.990. The molecule has 0 saturated heterocycles. The van der Waals surface area contributed by atoms with Crippen LogP contribution in [0.2, 0.25) is 0 Å². The van der Waals surface area contributed by atoms with Crippen molar-refractivity contribution in [1.29, 1.82) is 0 Å². The number of esters is 2. The molecule has 0 bridgehead atoms. The molecule has 0 spiro atoms. The fraction of sp³-hybridized carbons (Fsp3) is 0.946. The normalized spacial score (nSPS) is 13.4. The second kappa shape index (κ2) is 34.9. The third-order valence-corrected chi connectivity index (χ3v) is 9.45. The lowest BCUT2D eigenvalue weighted by Gasteiger charge is -2.19. The molecule has 0 aliphatic heterocycles. The van der Waals surface area contributed by atoms with Crippen LogP contribution >= 0.6 is 7.82 Å². The number of rotatable bonds is 37. The molecule has 47 heavy (non-hydrogen) atoms. The molecule has 3 N–H and O–H groups in total. The van der Waals surface area contributed by atoms with Crippen molar-refractivity contribution < 1.29 is 37.6 Å². The van der Waals surface area contributed by atoms with E-state index in [-0.39, 0.29) is 38.6 Å². The quantitative estimate of drug-likeness (QED) is 0.0371. The van der Waals surface area contributed by atoms with Gasteiger partial charge in [0.25, 0.3) is 0 Å². The second-order valence-electron chi connectivity index (χ2n) is 13.2. The van der Waals surface area contributed by atoms with Crippen molar-refractivity contribution in [3.63, 3.8) is 0 Å². The molecule has 9 nitrogen and oxygen atoms in total. The Kier molecular flexibility index (Phi) is 34.1. The largest absolute Gasteiger partial charge is 0.472 e. The Balaban J connectivity index is 3.61. The summed E-state index contributed by atoms with van der Waals surface area (Å²) in [6.45, 7) is 3.35. The van der Waals surface area contributed by atoms with E-state index in [1.807, 2.05) is 6.92 Å². The first-order valence-corrected chi connectivity index (χ1v) is 21.0. The molecule has 0 aliphatic rings. The first-order valence-electron chi connectivity index (χ1n) is 19.5. The summed E-state index contributed by atoms with van der Waals surface area (Å²) in [5.74, 6) is -0.879. The van der Waals surface area contributed by atoms with E-state index in [0.717, 1.165) is 19.3 Å². The minimum Gasteiger partial charge on any atom is -0.462 e. The fourth-order valence-corrected chi connectivity index (χ4v) is 6.38. The van der Waals surface area contributed by atoms with Gasteiger partial charge in [0, 0.05) is 19.4 Å². The van der Waals surface area contributed by atoms with Crippen LogP contribution in [0.3, 0.4) is 0 Å². The molecule has 0 aromatic rings. The Morgan fingerprint density at radius 2 is 0.957 bits per heavy atom. The summed E-state index contributed by atoms with van der Waals surface area (Å²) in [6.07, 6.45) is 33.4. The minimum atomic E-state index is -4.34. The van der Waals surface area contributed by atoms with Crippen LogP contribution in [0.5, 0.6) is 0 Å². The van der Waals surface area contributed by atoms with Gasteiger partial charge in [-0.05, 0) is 12.8 Å². The summed E-state index contributed by atoms with van der Waals surface area (Å²) in [4.78, 5) is 33.7. The van der Waals surface area contributed by atoms with Crippen LogP contribution in [0.25, 0.3) is 0 Å². The van der Waals surface area contributed by atoms with Crippen LogP contribution in [0, 0.1) is 0 Å². The van der Waals surface area contributed by atoms with Crippen LogP contribution in [0.4, 0.5) is 0 Å². The highest BCUT2D eigenvalue weighted by atomic mass is 31.2. The van der Waals surface area contributed by atoms with Gasteiger partial charge in [0.1, 0.15) is 6.61 Å². The van der Waals surface area contributed by atoms with Crippen molar-refractivity contribution in [3.8, 4) is 0 Å². The smallest absolute Gasteiger partial charge is 0.462 e. The molecule has 0 saturated carbocycles. The molecule has 10 heteroatoms. The third-order valence-electron chi connectivity index (χ3n) is 8.46. The number of unbranched alkanes of at least 4 members (excludes halogenated alkanes) is 24. The van der Waals surface area contributed by atoms with Crippen LogP contribution < -0.4 is 5.73 Å². The number of hydrogen-bond donors (Lipinski definition) is 2. The highest BCUT2D eigenvalue weighted by molar-refractivity contribution is 7.47. The number of phosphoric acid groups is 1. The van der Waals surface area contributed by atoms with E-state index in [1.54, 1.807) is 0 Å². The van der Waals surface area contributed by atoms with Crippen molar-refractivity contribution in [2.45, 2.75) is 200 Å². The molecule has 0 amide bonds. The molecule has 0 aromatic carbocycles. The Morgan fingerprint density at radius 1 is 0.553 bits per heavy atom. The molecule has 0 rings (SSSR count). The third kappa shape index (κ3) is 34.7. The number of nitrogens with two attached hydrogens (primary N) is 1. The van der Waals surface area contributed by atoms with Crippen molar-refractivity contribution in [2.75, 3.05) is 26.4 Å². The lowest BCUT2D eigenvalue weighted by molar-refractivity contribution is -0.161. The Morgan fingerprint density at radius 3 is 1.34 bits per heavy atom. The van der Waals surface area contributed by atoms with E-state index in [9.17, 15) is 19.0 Å². The molecule has 0 fully saturated rings. The number of ether oxygens (including phenoxy) is 2. The summed E-state index contributed by atoms with van der Waals surface area (Å²) in [7, 11) is -4.34. The first-order chi connectivity index (χ1) is 22.8. The van der Waals surface area contributed by atoms with Crippen molar-refractivity contribution in [3.05, 3.63) is 0 Å². The average Bonchev–Trinajstić information content (AvgIpc) is 3.05. The molecular formula is C37H74NO8P. The molecule has 0 aromatic heterocycles. The Labute approximate surface area is 288 Å². The van der Waals surface area contributed by atoms with E-state index in [4.69, 9.17) is 19.7 Å². The number of phosphoric ester groups is 1. The van der Waals surface area contributed by atoms with Gasteiger partial charge in [0.15, 0.2) is 6.10 Å². The van der Waals surface area contributed by atoms with Gasteiger partial charge in [-0.3, -0.25) is 18.6 Å². The van der Waals surface area contributed by atoms with Crippen molar-refractivity contribution in [1.82, 2.24) is 0 Å². The average molecular weight is 692 g/mol. The molecule has 0 radical (unpaired) electrons. The maximum absolute atomic E-state index is 12.2. The van der Waals surface area contributed by atoms with Gasteiger partial charge in [-0.25, -0.2) is 4.57 Å². The van der Waals surface area contributed by atoms with E-state index >= 15 is 0 Å². The summed E-state index contributed by atoms with van der Waals surface area (Å²) >= 11 is 0. The van der Waals surface area contributed by atoms with Gasteiger partial charge in [-0.15, -0.1) is 0 Å². The van der Waals surface area contributed by atoms with E-state index in [1.165, 1.54) is 141 Å². The monoisotopic (exact) mass is 692 g/mol. The molecular weight excluding hydrogens is 617 g/mol. The Bertz CT molecular complexity index is 754. The van der Waals surface area contributed by atoms with E-state index in [0.29, 0.717) is 6.42 Å².